The summed E-state index contributed by atoms with van der Waals surface area (Å²) in [4.78, 5) is 0. The maximum Gasteiger partial charge on any atom is 0.0716 e. The zero-order valence-electron chi connectivity index (χ0n) is 13.6. The monoisotopic (exact) mass is 295 g/mol. The van der Waals surface area contributed by atoms with Crippen LogP contribution in [0, 0.1) is 0 Å². The number of rotatable bonds is 12. The summed E-state index contributed by atoms with van der Waals surface area (Å²) in [6.45, 7) is 6.65. The maximum absolute atomic E-state index is 5.65. The van der Waals surface area contributed by atoms with Crippen LogP contribution in [0.25, 0.3) is 0 Å². The fraction of sp³-hybridized carbons (Fsp3) is 0.647. The molecular formula is C17H29NO3. The third-order valence-electron chi connectivity index (χ3n) is 3.34. The molecule has 21 heavy (non-hydrogen) atoms. The van der Waals surface area contributed by atoms with Gasteiger partial charge in [0.05, 0.1) is 19.8 Å². The van der Waals surface area contributed by atoms with Gasteiger partial charge < -0.3 is 19.5 Å². The SMILES string of the molecule is CNCC(C)c1ccc(COCCCOCCOC)cc1. The van der Waals surface area contributed by atoms with Crippen LogP contribution in [-0.2, 0) is 20.8 Å². The lowest BCUT2D eigenvalue weighted by Gasteiger charge is -2.12. The van der Waals surface area contributed by atoms with Gasteiger partial charge in [0.2, 0.25) is 0 Å². The van der Waals surface area contributed by atoms with Crippen molar-refractivity contribution in [2.45, 2.75) is 25.9 Å². The summed E-state index contributed by atoms with van der Waals surface area (Å²) in [5.74, 6) is 0.536. The molecular weight excluding hydrogens is 266 g/mol. The van der Waals surface area contributed by atoms with Crippen molar-refractivity contribution in [1.82, 2.24) is 5.32 Å². The van der Waals surface area contributed by atoms with Gasteiger partial charge in [-0.25, -0.2) is 0 Å². The summed E-state index contributed by atoms with van der Waals surface area (Å²) >= 11 is 0. The number of nitrogens with one attached hydrogen (secondary N) is 1. The molecule has 0 saturated carbocycles. The standard InChI is InChI=1S/C17H29NO3/c1-15(13-18-2)17-7-5-16(6-8-17)14-21-10-4-9-20-12-11-19-3/h5-8,15,18H,4,9-14H2,1-3H3. The molecule has 0 heterocycles. The molecule has 0 radical (unpaired) electrons. The molecule has 0 aliphatic carbocycles. The minimum atomic E-state index is 0.536. The summed E-state index contributed by atoms with van der Waals surface area (Å²) in [7, 11) is 3.66. The fourth-order valence-corrected chi connectivity index (χ4v) is 2.06. The smallest absolute Gasteiger partial charge is 0.0716 e. The van der Waals surface area contributed by atoms with Crippen molar-refractivity contribution in [3.8, 4) is 0 Å². The molecule has 0 aromatic heterocycles. The Hall–Kier alpha value is -0.940. The average Bonchev–Trinajstić information content (AvgIpc) is 2.51. The fourth-order valence-electron chi connectivity index (χ4n) is 2.06. The molecule has 0 aliphatic rings. The van der Waals surface area contributed by atoms with E-state index in [-0.39, 0.29) is 0 Å². The average molecular weight is 295 g/mol. The molecule has 0 saturated heterocycles. The van der Waals surface area contributed by atoms with Crippen molar-refractivity contribution in [3.63, 3.8) is 0 Å². The van der Waals surface area contributed by atoms with Crippen LogP contribution in [0.2, 0.25) is 0 Å². The minimum absolute atomic E-state index is 0.536. The Morgan fingerprint density at radius 1 is 1.00 bits per heavy atom. The lowest BCUT2D eigenvalue weighted by molar-refractivity contribution is 0.0483. The molecule has 1 N–H and O–H groups in total. The first-order chi connectivity index (χ1) is 10.3. The van der Waals surface area contributed by atoms with E-state index in [9.17, 15) is 0 Å². The van der Waals surface area contributed by atoms with Crippen molar-refractivity contribution >= 4 is 0 Å². The topological polar surface area (TPSA) is 39.7 Å². The van der Waals surface area contributed by atoms with Gasteiger partial charge in [-0.1, -0.05) is 31.2 Å². The highest BCUT2D eigenvalue weighted by Crippen LogP contribution is 2.15. The first kappa shape index (κ1) is 18.1. The van der Waals surface area contributed by atoms with E-state index in [0.29, 0.717) is 25.7 Å². The Labute approximate surface area is 128 Å². The third kappa shape index (κ3) is 8.17. The van der Waals surface area contributed by atoms with Gasteiger partial charge in [0.25, 0.3) is 0 Å². The number of ether oxygens (including phenoxy) is 3. The minimum Gasteiger partial charge on any atom is -0.382 e. The van der Waals surface area contributed by atoms with E-state index < -0.39 is 0 Å². The predicted molar refractivity (Wildman–Crippen MR) is 85.8 cm³/mol. The highest BCUT2D eigenvalue weighted by Gasteiger charge is 2.03. The van der Waals surface area contributed by atoms with Crippen molar-refractivity contribution in [1.29, 1.82) is 0 Å². The summed E-state index contributed by atoms with van der Waals surface area (Å²) in [5, 5.41) is 3.20. The summed E-state index contributed by atoms with van der Waals surface area (Å²) in [6, 6.07) is 8.68. The van der Waals surface area contributed by atoms with E-state index in [1.165, 1.54) is 11.1 Å². The molecule has 0 spiro atoms. The molecule has 0 aliphatic heterocycles. The molecule has 1 atom stereocenters. The van der Waals surface area contributed by atoms with Crippen LogP contribution in [0.15, 0.2) is 24.3 Å². The molecule has 120 valence electrons. The van der Waals surface area contributed by atoms with E-state index >= 15 is 0 Å². The zero-order valence-corrected chi connectivity index (χ0v) is 13.6. The lowest BCUT2D eigenvalue weighted by atomic mass is 10.00. The second-order valence-corrected chi connectivity index (χ2v) is 5.21. The quantitative estimate of drug-likeness (QED) is 0.602. The first-order valence-corrected chi connectivity index (χ1v) is 7.65. The summed E-state index contributed by atoms with van der Waals surface area (Å²) < 4.78 is 15.9. The maximum atomic E-state index is 5.65. The van der Waals surface area contributed by atoms with Gasteiger partial charge in [-0.15, -0.1) is 0 Å². The molecule has 0 amide bonds. The van der Waals surface area contributed by atoms with E-state index in [1.54, 1.807) is 7.11 Å². The van der Waals surface area contributed by atoms with E-state index in [2.05, 4.69) is 36.5 Å². The van der Waals surface area contributed by atoms with Crippen LogP contribution in [-0.4, -0.2) is 47.1 Å². The van der Waals surface area contributed by atoms with Crippen molar-refractivity contribution in [2.24, 2.45) is 0 Å². The van der Waals surface area contributed by atoms with Gasteiger partial charge in [0.1, 0.15) is 0 Å². The van der Waals surface area contributed by atoms with Gasteiger partial charge in [-0.2, -0.15) is 0 Å². The summed E-state index contributed by atoms with van der Waals surface area (Å²) in [6.07, 6.45) is 0.918. The Kier molecular flexibility index (Phi) is 10.1. The molecule has 0 bridgehead atoms. The molecule has 0 fully saturated rings. The third-order valence-corrected chi connectivity index (χ3v) is 3.34. The van der Waals surface area contributed by atoms with E-state index in [0.717, 1.165) is 26.2 Å². The van der Waals surface area contributed by atoms with E-state index in [4.69, 9.17) is 14.2 Å². The highest BCUT2D eigenvalue weighted by molar-refractivity contribution is 5.24. The van der Waals surface area contributed by atoms with Gasteiger partial charge in [-0.05, 0) is 30.5 Å². The highest BCUT2D eigenvalue weighted by atomic mass is 16.5. The second kappa shape index (κ2) is 11.7. The zero-order chi connectivity index (χ0) is 15.3. The molecule has 1 unspecified atom stereocenters. The Morgan fingerprint density at radius 3 is 2.38 bits per heavy atom. The van der Waals surface area contributed by atoms with Crippen LogP contribution >= 0.6 is 0 Å². The van der Waals surface area contributed by atoms with Gasteiger partial charge in [0, 0.05) is 26.9 Å². The number of hydrogen-bond donors (Lipinski definition) is 1. The Balaban J connectivity index is 2.12. The van der Waals surface area contributed by atoms with Crippen molar-refractivity contribution in [2.75, 3.05) is 47.1 Å². The van der Waals surface area contributed by atoms with Crippen molar-refractivity contribution < 1.29 is 14.2 Å². The lowest BCUT2D eigenvalue weighted by Crippen LogP contribution is -2.14. The molecule has 4 nitrogen and oxygen atoms in total. The number of likely N-dealkylation sites (N-methyl/N-ethyl adjacent to an activating group) is 1. The molecule has 1 aromatic rings. The van der Waals surface area contributed by atoms with E-state index in [1.807, 2.05) is 7.05 Å². The van der Waals surface area contributed by atoms with Crippen LogP contribution in [0.4, 0.5) is 0 Å². The predicted octanol–water partition coefficient (Wildman–Crippen LogP) is 2.58. The number of benzene rings is 1. The van der Waals surface area contributed by atoms with Crippen molar-refractivity contribution in [3.05, 3.63) is 35.4 Å². The second-order valence-electron chi connectivity index (χ2n) is 5.21. The molecule has 1 aromatic carbocycles. The Morgan fingerprint density at radius 2 is 1.71 bits per heavy atom. The normalized spacial score (nSPS) is 12.5. The van der Waals surface area contributed by atoms with Crippen LogP contribution in [0.3, 0.4) is 0 Å². The van der Waals surface area contributed by atoms with Gasteiger partial charge in [0.15, 0.2) is 0 Å². The number of methoxy groups -OCH3 is 1. The first-order valence-electron chi connectivity index (χ1n) is 7.65. The van der Waals surface area contributed by atoms with Crippen LogP contribution in [0.5, 0.6) is 0 Å². The number of hydrogen-bond acceptors (Lipinski definition) is 4. The van der Waals surface area contributed by atoms with Crippen LogP contribution in [0.1, 0.15) is 30.4 Å². The van der Waals surface area contributed by atoms with Crippen LogP contribution < -0.4 is 5.32 Å². The van der Waals surface area contributed by atoms with Gasteiger partial charge >= 0.3 is 0 Å². The molecule has 1 rings (SSSR count). The molecule has 4 heteroatoms. The largest absolute Gasteiger partial charge is 0.382 e. The Bertz CT molecular complexity index is 354. The summed E-state index contributed by atoms with van der Waals surface area (Å²) in [5.41, 5.74) is 2.58. The van der Waals surface area contributed by atoms with Gasteiger partial charge in [-0.3, -0.25) is 0 Å².